The predicted octanol–water partition coefficient (Wildman–Crippen LogP) is 2.45. The zero-order valence-corrected chi connectivity index (χ0v) is 13.4. The fourth-order valence-electron chi connectivity index (χ4n) is 1.24. The Morgan fingerprint density at radius 1 is 1.41 bits per heavy atom. The van der Waals surface area contributed by atoms with Crippen molar-refractivity contribution in [2.24, 2.45) is 0 Å². The molecule has 0 aliphatic rings. The van der Waals surface area contributed by atoms with Gasteiger partial charge in [-0.25, -0.2) is 0 Å². The van der Waals surface area contributed by atoms with Gasteiger partial charge in [-0.2, -0.15) is 0 Å². The molecular weight excluding hydrogens is 345 g/mol. The first-order valence-corrected chi connectivity index (χ1v) is 6.93. The fourth-order valence-corrected chi connectivity index (χ4v) is 1.97. The number of nitrogens with zero attached hydrogens (tertiary/aromatic N) is 1. The van der Waals surface area contributed by atoms with Gasteiger partial charge in [-0.1, -0.05) is 6.07 Å². The second kappa shape index (κ2) is 7.13. The summed E-state index contributed by atoms with van der Waals surface area (Å²) in [4.78, 5) is 2.12. The first kappa shape index (κ1) is 14.7. The summed E-state index contributed by atoms with van der Waals surface area (Å²) >= 11 is 7.54. The summed E-state index contributed by atoms with van der Waals surface area (Å²) in [7, 11) is 4.08. The maximum Gasteiger partial charge on any atom is 0.170 e. The van der Waals surface area contributed by atoms with Crippen LogP contribution >= 0.6 is 34.8 Å². The zero-order valence-electron chi connectivity index (χ0n) is 10.4. The lowest BCUT2D eigenvalue weighted by Gasteiger charge is -2.13. The molecule has 0 fully saturated rings. The number of aryl methyl sites for hydroxylation is 1. The number of nitrogens with one attached hydrogen (secondary N) is 2. The average Bonchev–Trinajstić information content (AvgIpc) is 2.23. The Hall–Kier alpha value is -0.400. The van der Waals surface area contributed by atoms with Gasteiger partial charge in [0.1, 0.15) is 0 Å². The van der Waals surface area contributed by atoms with Crippen molar-refractivity contribution in [3.63, 3.8) is 0 Å². The van der Waals surface area contributed by atoms with E-state index >= 15 is 0 Å². The molecule has 0 bridgehead atoms. The summed E-state index contributed by atoms with van der Waals surface area (Å²) in [6.07, 6.45) is 0. The predicted molar refractivity (Wildman–Crippen MR) is 86.7 cm³/mol. The van der Waals surface area contributed by atoms with Crippen molar-refractivity contribution < 1.29 is 0 Å². The topological polar surface area (TPSA) is 27.3 Å². The van der Waals surface area contributed by atoms with E-state index in [1.54, 1.807) is 0 Å². The van der Waals surface area contributed by atoms with Crippen LogP contribution in [0.3, 0.4) is 0 Å². The van der Waals surface area contributed by atoms with E-state index in [0.717, 1.165) is 18.8 Å². The molecule has 0 radical (unpaired) electrons. The average molecular weight is 363 g/mol. The van der Waals surface area contributed by atoms with Crippen LogP contribution in [0.5, 0.6) is 0 Å². The van der Waals surface area contributed by atoms with Crippen LogP contribution in [-0.4, -0.2) is 37.2 Å². The maximum atomic E-state index is 5.22. The zero-order chi connectivity index (χ0) is 12.8. The molecule has 0 aliphatic heterocycles. The van der Waals surface area contributed by atoms with E-state index in [1.165, 1.54) is 9.13 Å². The van der Waals surface area contributed by atoms with E-state index in [9.17, 15) is 0 Å². The van der Waals surface area contributed by atoms with Gasteiger partial charge in [0.05, 0.1) is 0 Å². The van der Waals surface area contributed by atoms with E-state index < -0.39 is 0 Å². The molecule has 17 heavy (non-hydrogen) atoms. The highest BCUT2D eigenvalue weighted by molar-refractivity contribution is 14.1. The highest BCUT2D eigenvalue weighted by atomic mass is 127. The first-order chi connectivity index (χ1) is 7.99. The normalized spacial score (nSPS) is 10.4. The van der Waals surface area contributed by atoms with E-state index in [-0.39, 0.29) is 0 Å². The van der Waals surface area contributed by atoms with Gasteiger partial charge in [-0.15, -0.1) is 0 Å². The molecule has 0 heterocycles. The fraction of sp³-hybridized carbons (Fsp3) is 0.417. The van der Waals surface area contributed by atoms with Gasteiger partial charge in [0, 0.05) is 22.3 Å². The number of hydrogen-bond donors (Lipinski definition) is 2. The van der Waals surface area contributed by atoms with Crippen LogP contribution in [0.25, 0.3) is 0 Å². The summed E-state index contributed by atoms with van der Waals surface area (Å²) in [5.74, 6) is 0. The molecule has 1 aromatic rings. The quantitative estimate of drug-likeness (QED) is 0.635. The molecule has 3 nitrogen and oxygen atoms in total. The third-order valence-electron chi connectivity index (χ3n) is 2.27. The molecule has 0 aliphatic carbocycles. The van der Waals surface area contributed by atoms with Crippen molar-refractivity contribution in [2.45, 2.75) is 6.92 Å². The van der Waals surface area contributed by atoms with Crippen LogP contribution in [0.15, 0.2) is 18.2 Å². The molecule has 5 heteroatoms. The van der Waals surface area contributed by atoms with Crippen LogP contribution in [-0.2, 0) is 0 Å². The first-order valence-electron chi connectivity index (χ1n) is 5.45. The van der Waals surface area contributed by atoms with Crippen LogP contribution in [0.2, 0.25) is 0 Å². The summed E-state index contributed by atoms with van der Waals surface area (Å²) in [6, 6.07) is 6.22. The molecule has 0 atom stereocenters. The lowest BCUT2D eigenvalue weighted by Crippen LogP contribution is -2.34. The van der Waals surface area contributed by atoms with Crippen LogP contribution < -0.4 is 10.6 Å². The standard InChI is InChI=1S/C12H18IN3S/c1-9-4-5-10(8-11(9)13)15-12(17)14-6-7-16(2)3/h4-5,8H,6-7H2,1-3H3,(H2,14,15,17). The molecule has 0 aromatic heterocycles. The third kappa shape index (κ3) is 5.65. The molecule has 0 spiro atoms. The third-order valence-corrected chi connectivity index (χ3v) is 3.68. The highest BCUT2D eigenvalue weighted by Gasteiger charge is 2.00. The second-order valence-corrected chi connectivity index (χ2v) is 5.72. The van der Waals surface area contributed by atoms with E-state index in [1.807, 2.05) is 20.2 Å². The van der Waals surface area contributed by atoms with Gasteiger partial charge in [0.2, 0.25) is 0 Å². The highest BCUT2D eigenvalue weighted by Crippen LogP contribution is 2.16. The minimum absolute atomic E-state index is 0.673. The Kier molecular flexibility index (Phi) is 6.15. The van der Waals surface area contributed by atoms with Crippen LogP contribution in [0.4, 0.5) is 5.69 Å². The van der Waals surface area contributed by atoms with E-state index in [0.29, 0.717) is 5.11 Å². The van der Waals surface area contributed by atoms with Gasteiger partial charge in [-0.3, -0.25) is 0 Å². The number of thiocarbonyl (C=S) groups is 1. The number of rotatable bonds is 4. The Morgan fingerprint density at radius 3 is 2.71 bits per heavy atom. The number of halogens is 1. The number of hydrogen-bond acceptors (Lipinski definition) is 2. The molecule has 94 valence electrons. The van der Waals surface area contributed by atoms with E-state index in [4.69, 9.17) is 12.2 Å². The Labute approximate surface area is 122 Å². The number of benzene rings is 1. The van der Waals surface area contributed by atoms with Gasteiger partial charge < -0.3 is 15.5 Å². The Bertz CT molecular complexity index is 393. The van der Waals surface area contributed by atoms with Crippen LogP contribution in [0.1, 0.15) is 5.56 Å². The lowest BCUT2D eigenvalue weighted by molar-refractivity contribution is 0.413. The van der Waals surface area contributed by atoms with Crippen molar-refractivity contribution in [3.05, 3.63) is 27.3 Å². The van der Waals surface area contributed by atoms with Gasteiger partial charge in [-0.05, 0) is 73.5 Å². The Balaban J connectivity index is 2.42. The number of likely N-dealkylation sites (N-methyl/N-ethyl adjacent to an activating group) is 1. The lowest BCUT2D eigenvalue weighted by atomic mass is 10.2. The summed E-state index contributed by atoms with van der Waals surface area (Å²) in [6.45, 7) is 3.91. The largest absolute Gasteiger partial charge is 0.361 e. The molecule has 0 saturated carbocycles. The number of anilines is 1. The van der Waals surface area contributed by atoms with Crippen molar-refractivity contribution in [2.75, 3.05) is 32.5 Å². The summed E-state index contributed by atoms with van der Waals surface area (Å²) < 4.78 is 1.24. The van der Waals surface area contributed by atoms with Crippen LogP contribution in [0, 0.1) is 10.5 Å². The Morgan fingerprint density at radius 2 is 2.12 bits per heavy atom. The van der Waals surface area contributed by atoms with E-state index in [2.05, 4.69) is 57.2 Å². The maximum absolute atomic E-state index is 5.22. The summed E-state index contributed by atoms with van der Waals surface area (Å²) in [5, 5.41) is 7.03. The molecule has 1 rings (SSSR count). The molecular formula is C12H18IN3S. The molecule has 2 N–H and O–H groups in total. The minimum Gasteiger partial charge on any atom is -0.361 e. The molecule has 0 amide bonds. The molecule has 1 aromatic carbocycles. The van der Waals surface area contributed by atoms with Crippen molar-refractivity contribution >= 4 is 45.6 Å². The molecule has 0 unspecified atom stereocenters. The van der Waals surface area contributed by atoms with Crippen molar-refractivity contribution in [3.8, 4) is 0 Å². The SMILES string of the molecule is Cc1ccc(NC(=S)NCCN(C)C)cc1I. The van der Waals surface area contributed by atoms with Crippen molar-refractivity contribution in [1.29, 1.82) is 0 Å². The molecule has 0 saturated heterocycles. The summed E-state index contributed by atoms with van der Waals surface area (Å²) in [5.41, 5.74) is 2.31. The smallest absolute Gasteiger partial charge is 0.170 e. The van der Waals surface area contributed by atoms with Crippen molar-refractivity contribution in [1.82, 2.24) is 10.2 Å². The van der Waals surface area contributed by atoms with Gasteiger partial charge in [0.25, 0.3) is 0 Å². The monoisotopic (exact) mass is 363 g/mol. The minimum atomic E-state index is 0.673. The van der Waals surface area contributed by atoms with Gasteiger partial charge >= 0.3 is 0 Å². The second-order valence-electron chi connectivity index (χ2n) is 4.15. The van der Waals surface area contributed by atoms with Gasteiger partial charge in [0.15, 0.2) is 5.11 Å².